The van der Waals surface area contributed by atoms with Gasteiger partial charge in [0.05, 0.1) is 5.69 Å². The number of amides is 2. The number of anilines is 2. The Labute approximate surface area is 194 Å². The van der Waals surface area contributed by atoms with Crippen molar-refractivity contribution < 1.29 is 23.1 Å². The molecule has 0 saturated carbocycles. The summed E-state index contributed by atoms with van der Waals surface area (Å²) in [5.41, 5.74) is 0.398. The molecule has 0 fully saturated rings. The number of carbonyl (C=O) groups is 2. The summed E-state index contributed by atoms with van der Waals surface area (Å²) in [6.45, 7) is 0. The van der Waals surface area contributed by atoms with Crippen molar-refractivity contribution in [1.29, 1.82) is 0 Å². The average molecular weight is 456 g/mol. The van der Waals surface area contributed by atoms with Gasteiger partial charge < -0.3 is 10.1 Å². The highest BCUT2D eigenvalue weighted by Gasteiger charge is 2.51. The van der Waals surface area contributed by atoms with Gasteiger partial charge in [-0.15, -0.1) is 0 Å². The molecule has 2 amide bonds. The van der Waals surface area contributed by atoms with E-state index in [-0.39, 0.29) is 11.4 Å². The number of halogens is 2. The van der Waals surface area contributed by atoms with Gasteiger partial charge in [0.2, 0.25) is 5.91 Å². The molecule has 1 aliphatic heterocycles. The third-order valence-electron chi connectivity index (χ3n) is 5.80. The van der Waals surface area contributed by atoms with Gasteiger partial charge in [0.1, 0.15) is 11.2 Å². The lowest BCUT2D eigenvalue weighted by Crippen LogP contribution is -2.37. The van der Waals surface area contributed by atoms with Crippen molar-refractivity contribution in [2.45, 2.75) is 5.41 Å². The van der Waals surface area contributed by atoms with Gasteiger partial charge in [-0.2, -0.15) is 0 Å². The Hall–Kier alpha value is -4.52. The summed E-state index contributed by atoms with van der Waals surface area (Å²) >= 11 is 0. The molecule has 0 aromatic heterocycles. The molecule has 2 N–H and O–H groups in total. The molecule has 0 radical (unpaired) electrons. The molecular weight excluding hydrogens is 438 g/mol. The standard InChI is InChI=1S/C27H18F2N2O3/c28-22-16-15-21-24(23(22)29)31-25(32)27(21,17-7-3-1-4-8-17)18-11-13-20(14-12-18)34-26(33)30-19-9-5-2-6-10-19/h1-16H,(H,30,33)(H,31,32). The molecule has 5 rings (SSSR count). The van der Waals surface area contributed by atoms with E-state index < -0.39 is 29.0 Å². The average Bonchev–Trinajstić information content (AvgIpc) is 3.16. The van der Waals surface area contributed by atoms with E-state index in [1.165, 1.54) is 6.07 Å². The first-order valence-electron chi connectivity index (χ1n) is 10.5. The van der Waals surface area contributed by atoms with E-state index in [9.17, 15) is 18.4 Å². The molecular formula is C27H18F2N2O3. The van der Waals surface area contributed by atoms with Crippen molar-refractivity contribution in [3.05, 3.63) is 125 Å². The Kier molecular flexibility index (Phi) is 5.30. The van der Waals surface area contributed by atoms with Gasteiger partial charge in [0.15, 0.2) is 11.6 Å². The van der Waals surface area contributed by atoms with Crippen molar-refractivity contribution in [3.63, 3.8) is 0 Å². The zero-order valence-corrected chi connectivity index (χ0v) is 17.7. The van der Waals surface area contributed by atoms with Crippen LogP contribution in [0.5, 0.6) is 5.75 Å². The Morgan fingerprint density at radius 1 is 0.794 bits per heavy atom. The predicted octanol–water partition coefficient (Wildman–Crippen LogP) is 5.86. The van der Waals surface area contributed by atoms with Gasteiger partial charge in [0, 0.05) is 11.3 Å². The minimum Gasteiger partial charge on any atom is -0.410 e. The van der Waals surface area contributed by atoms with E-state index in [4.69, 9.17) is 4.74 Å². The quantitative estimate of drug-likeness (QED) is 0.404. The van der Waals surface area contributed by atoms with Crippen LogP contribution in [0.3, 0.4) is 0 Å². The summed E-state index contributed by atoms with van der Waals surface area (Å²) in [7, 11) is 0. The van der Waals surface area contributed by atoms with E-state index in [1.54, 1.807) is 78.9 Å². The summed E-state index contributed by atoms with van der Waals surface area (Å²) < 4.78 is 33.8. The van der Waals surface area contributed by atoms with Gasteiger partial charge in [-0.05, 0) is 41.5 Å². The van der Waals surface area contributed by atoms with Gasteiger partial charge in [-0.3, -0.25) is 10.1 Å². The topological polar surface area (TPSA) is 67.4 Å². The number of para-hydroxylation sites is 1. The molecule has 1 aliphatic rings. The second-order valence-electron chi connectivity index (χ2n) is 7.76. The first-order valence-corrected chi connectivity index (χ1v) is 10.5. The zero-order valence-electron chi connectivity index (χ0n) is 17.7. The van der Waals surface area contributed by atoms with Crippen molar-refractivity contribution in [3.8, 4) is 5.75 Å². The summed E-state index contributed by atoms with van der Waals surface area (Å²) in [4.78, 5) is 25.6. The molecule has 7 heteroatoms. The van der Waals surface area contributed by atoms with Crippen LogP contribution in [0.25, 0.3) is 0 Å². The van der Waals surface area contributed by atoms with E-state index in [0.717, 1.165) is 6.07 Å². The Bertz CT molecular complexity index is 1380. The number of hydrogen-bond donors (Lipinski definition) is 2. The molecule has 4 aromatic carbocycles. The van der Waals surface area contributed by atoms with Crippen LogP contribution < -0.4 is 15.4 Å². The van der Waals surface area contributed by atoms with Gasteiger partial charge in [-0.1, -0.05) is 66.7 Å². The third-order valence-corrected chi connectivity index (χ3v) is 5.80. The summed E-state index contributed by atoms with van der Waals surface area (Å²) in [5, 5.41) is 5.14. The molecule has 168 valence electrons. The number of hydrogen-bond acceptors (Lipinski definition) is 3. The van der Waals surface area contributed by atoms with Crippen LogP contribution in [-0.4, -0.2) is 12.0 Å². The highest BCUT2D eigenvalue weighted by atomic mass is 19.2. The van der Waals surface area contributed by atoms with Crippen molar-refractivity contribution >= 4 is 23.4 Å². The minimum atomic E-state index is -1.41. The molecule has 0 spiro atoms. The number of benzene rings is 4. The fourth-order valence-electron chi connectivity index (χ4n) is 4.29. The maximum absolute atomic E-state index is 14.6. The number of carbonyl (C=O) groups excluding carboxylic acids is 2. The molecule has 0 bridgehead atoms. The maximum Gasteiger partial charge on any atom is 0.417 e. The third kappa shape index (κ3) is 3.47. The lowest BCUT2D eigenvalue weighted by Gasteiger charge is -2.29. The second kappa shape index (κ2) is 8.44. The normalized spacial score (nSPS) is 16.5. The number of nitrogens with one attached hydrogen (secondary N) is 2. The fraction of sp³-hybridized carbons (Fsp3) is 0.0370. The molecule has 5 nitrogen and oxygen atoms in total. The fourth-order valence-corrected chi connectivity index (χ4v) is 4.29. The SMILES string of the molecule is O=C(Nc1ccccc1)Oc1ccc(C2(c3ccccc3)C(=O)Nc3c2ccc(F)c3F)cc1. The molecule has 4 aromatic rings. The predicted molar refractivity (Wildman–Crippen MR) is 124 cm³/mol. The smallest absolute Gasteiger partial charge is 0.410 e. The van der Waals surface area contributed by atoms with Crippen molar-refractivity contribution in [1.82, 2.24) is 0 Å². The first-order chi connectivity index (χ1) is 16.5. The maximum atomic E-state index is 14.6. The molecule has 0 saturated heterocycles. The number of ether oxygens (including phenoxy) is 1. The van der Waals surface area contributed by atoms with Crippen LogP contribution in [0.4, 0.5) is 25.0 Å². The van der Waals surface area contributed by atoms with Crippen LogP contribution in [0.15, 0.2) is 97.1 Å². The van der Waals surface area contributed by atoms with Crippen molar-refractivity contribution in [2.24, 2.45) is 0 Å². The largest absolute Gasteiger partial charge is 0.417 e. The molecule has 34 heavy (non-hydrogen) atoms. The van der Waals surface area contributed by atoms with E-state index in [0.29, 0.717) is 22.4 Å². The van der Waals surface area contributed by atoms with Gasteiger partial charge in [-0.25, -0.2) is 13.6 Å². The number of fused-ring (bicyclic) bond motifs is 1. The van der Waals surface area contributed by atoms with E-state index >= 15 is 0 Å². The highest BCUT2D eigenvalue weighted by molar-refractivity contribution is 6.11. The van der Waals surface area contributed by atoms with E-state index in [1.807, 2.05) is 6.07 Å². The number of rotatable bonds is 4. The van der Waals surface area contributed by atoms with Crippen LogP contribution in [0, 0.1) is 11.6 Å². The summed E-state index contributed by atoms with van der Waals surface area (Å²) in [5.74, 6) is -2.41. The lowest BCUT2D eigenvalue weighted by atomic mass is 9.70. The van der Waals surface area contributed by atoms with Crippen LogP contribution in [0.1, 0.15) is 16.7 Å². The minimum absolute atomic E-state index is 0.184. The summed E-state index contributed by atoms with van der Waals surface area (Å²) in [6, 6.07) is 26.5. The van der Waals surface area contributed by atoms with Crippen LogP contribution in [-0.2, 0) is 10.2 Å². The highest BCUT2D eigenvalue weighted by Crippen LogP contribution is 2.49. The molecule has 1 atom stereocenters. The zero-order chi connectivity index (χ0) is 23.7. The Morgan fingerprint density at radius 2 is 1.41 bits per heavy atom. The van der Waals surface area contributed by atoms with Crippen LogP contribution in [0.2, 0.25) is 0 Å². The Balaban J connectivity index is 1.53. The molecule has 0 aliphatic carbocycles. The van der Waals surface area contributed by atoms with Gasteiger partial charge in [0.25, 0.3) is 0 Å². The van der Waals surface area contributed by atoms with Gasteiger partial charge >= 0.3 is 6.09 Å². The van der Waals surface area contributed by atoms with Crippen LogP contribution >= 0.6 is 0 Å². The monoisotopic (exact) mass is 456 g/mol. The van der Waals surface area contributed by atoms with E-state index in [2.05, 4.69) is 10.6 Å². The second-order valence-corrected chi connectivity index (χ2v) is 7.76. The molecule has 1 unspecified atom stereocenters. The van der Waals surface area contributed by atoms with Crippen molar-refractivity contribution in [2.75, 3.05) is 10.6 Å². The summed E-state index contributed by atoms with van der Waals surface area (Å²) in [6.07, 6.45) is -0.668. The Morgan fingerprint density at radius 3 is 2.09 bits per heavy atom. The lowest BCUT2D eigenvalue weighted by molar-refractivity contribution is -0.118. The molecule has 1 heterocycles. The first kappa shape index (κ1) is 21.3.